The number of nitrogen functional groups attached to an aromatic ring is 2. The number of hydrogen-bond donors (Lipinski definition) is 2. The highest BCUT2D eigenvalue weighted by Gasteiger charge is 2.12. The molecule has 0 aliphatic rings. The van der Waals surface area contributed by atoms with E-state index in [0.717, 1.165) is 16.3 Å². The Morgan fingerprint density at radius 3 is 2.50 bits per heavy atom. The normalized spacial score (nSPS) is 10.9. The summed E-state index contributed by atoms with van der Waals surface area (Å²) in [6.45, 7) is 1.92. The van der Waals surface area contributed by atoms with Crippen molar-refractivity contribution in [3.8, 4) is 17.0 Å². The van der Waals surface area contributed by atoms with Gasteiger partial charge in [0.15, 0.2) is 0 Å². The van der Waals surface area contributed by atoms with E-state index in [-0.39, 0.29) is 0 Å². The zero-order valence-corrected chi connectivity index (χ0v) is 12.4. The lowest BCUT2D eigenvalue weighted by atomic mass is 10.0. The molecule has 0 aliphatic heterocycles. The fourth-order valence-electron chi connectivity index (χ4n) is 2.45. The van der Waals surface area contributed by atoms with Gasteiger partial charge in [0.2, 0.25) is 0 Å². The van der Waals surface area contributed by atoms with Gasteiger partial charge in [0.05, 0.1) is 12.8 Å². The molecule has 4 N–H and O–H groups in total. The van der Waals surface area contributed by atoms with Gasteiger partial charge in [0.25, 0.3) is 0 Å². The zero-order chi connectivity index (χ0) is 15.9. The number of rotatable bonds is 2. The number of fused-ring (bicyclic) bond motifs is 1. The number of aryl methyl sites for hydroxylation is 1. The SMILES string of the molecule is COc1ccc(-c2cc3c(N)c(C)ccc3c(N)n2)c(F)c1. The van der Waals surface area contributed by atoms with Gasteiger partial charge in [-0.05, 0) is 30.7 Å². The second kappa shape index (κ2) is 5.18. The van der Waals surface area contributed by atoms with Crippen LogP contribution in [0.3, 0.4) is 0 Å². The van der Waals surface area contributed by atoms with Gasteiger partial charge in [-0.1, -0.05) is 12.1 Å². The molecule has 0 bridgehead atoms. The quantitative estimate of drug-likeness (QED) is 0.710. The van der Waals surface area contributed by atoms with Crippen LogP contribution in [0.15, 0.2) is 36.4 Å². The number of methoxy groups -OCH3 is 1. The Morgan fingerprint density at radius 2 is 1.82 bits per heavy atom. The van der Waals surface area contributed by atoms with Crippen LogP contribution in [-0.2, 0) is 0 Å². The fraction of sp³-hybridized carbons (Fsp3) is 0.118. The molecule has 0 aliphatic carbocycles. The van der Waals surface area contributed by atoms with Gasteiger partial charge >= 0.3 is 0 Å². The Balaban J connectivity index is 2.26. The molecule has 1 aromatic heterocycles. The molecule has 112 valence electrons. The molecule has 5 heteroatoms. The molecular formula is C17H16FN3O. The highest BCUT2D eigenvalue weighted by Crippen LogP contribution is 2.33. The number of ether oxygens (including phenoxy) is 1. The van der Waals surface area contributed by atoms with Crippen LogP contribution < -0.4 is 16.2 Å². The lowest BCUT2D eigenvalue weighted by molar-refractivity contribution is 0.411. The summed E-state index contributed by atoms with van der Waals surface area (Å²) >= 11 is 0. The zero-order valence-electron chi connectivity index (χ0n) is 12.4. The Kier molecular flexibility index (Phi) is 3.33. The van der Waals surface area contributed by atoms with Crippen LogP contribution >= 0.6 is 0 Å². The lowest BCUT2D eigenvalue weighted by Crippen LogP contribution is -1.99. The van der Waals surface area contributed by atoms with E-state index in [1.165, 1.54) is 13.2 Å². The molecule has 0 saturated heterocycles. The minimum atomic E-state index is -0.420. The Bertz CT molecular complexity index is 877. The van der Waals surface area contributed by atoms with Gasteiger partial charge in [0, 0.05) is 28.1 Å². The van der Waals surface area contributed by atoms with Crippen LogP contribution in [0, 0.1) is 12.7 Å². The van der Waals surface area contributed by atoms with E-state index in [1.807, 2.05) is 19.1 Å². The van der Waals surface area contributed by atoms with Crippen molar-refractivity contribution in [3.63, 3.8) is 0 Å². The minimum absolute atomic E-state index is 0.328. The van der Waals surface area contributed by atoms with Crippen LogP contribution in [0.25, 0.3) is 22.0 Å². The topological polar surface area (TPSA) is 74.2 Å². The maximum Gasteiger partial charge on any atom is 0.136 e. The third kappa shape index (κ3) is 2.20. The average molecular weight is 297 g/mol. The summed E-state index contributed by atoms with van der Waals surface area (Å²) in [6, 6.07) is 10.1. The average Bonchev–Trinajstić information content (AvgIpc) is 2.51. The molecule has 0 unspecified atom stereocenters. The van der Waals surface area contributed by atoms with Crippen LogP contribution in [0.4, 0.5) is 15.9 Å². The number of halogens is 1. The smallest absolute Gasteiger partial charge is 0.136 e. The summed E-state index contributed by atoms with van der Waals surface area (Å²) < 4.78 is 19.3. The van der Waals surface area contributed by atoms with Crippen molar-refractivity contribution in [1.29, 1.82) is 0 Å². The molecule has 0 atom stereocenters. The van der Waals surface area contributed by atoms with E-state index in [0.29, 0.717) is 28.5 Å². The summed E-state index contributed by atoms with van der Waals surface area (Å²) in [5.41, 5.74) is 14.5. The first-order chi connectivity index (χ1) is 10.5. The molecule has 0 spiro atoms. The summed E-state index contributed by atoms with van der Waals surface area (Å²) in [7, 11) is 1.49. The Hall–Kier alpha value is -2.82. The first-order valence-electron chi connectivity index (χ1n) is 6.80. The molecule has 0 fully saturated rings. The van der Waals surface area contributed by atoms with E-state index in [4.69, 9.17) is 16.2 Å². The van der Waals surface area contributed by atoms with Crippen molar-refractivity contribution in [2.75, 3.05) is 18.6 Å². The van der Waals surface area contributed by atoms with Gasteiger partial charge in [-0.25, -0.2) is 9.37 Å². The molecule has 22 heavy (non-hydrogen) atoms. The summed E-state index contributed by atoms with van der Waals surface area (Å²) in [6.07, 6.45) is 0. The molecule has 3 aromatic rings. The maximum atomic E-state index is 14.2. The second-order valence-electron chi connectivity index (χ2n) is 5.13. The number of aromatic nitrogens is 1. The molecular weight excluding hydrogens is 281 g/mol. The van der Waals surface area contributed by atoms with Crippen molar-refractivity contribution >= 4 is 22.3 Å². The van der Waals surface area contributed by atoms with Crippen LogP contribution in [0.5, 0.6) is 5.75 Å². The summed E-state index contributed by atoms with van der Waals surface area (Å²) in [4.78, 5) is 4.30. The Labute approximate surface area is 127 Å². The van der Waals surface area contributed by atoms with Gasteiger partial charge in [0.1, 0.15) is 17.4 Å². The molecule has 2 aromatic carbocycles. The van der Waals surface area contributed by atoms with E-state index in [2.05, 4.69) is 4.98 Å². The van der Waals surface area contributed by atoms with Gasteiger partial charge in [-0.15, -0.1) is 0 Å². The first kappa shape index (κ1) is 14.1. The second-order valence-corrected chi connectivity index (χ2v) is 5.13. The van der Waals surface area contributed by atoms with Crippen LogP contribution in [-0.4, -0.2) is 12.1 Å². The third-order valence-electron chi connectivity index (χ3n) is 3.76. The predicted octanol–water partition coefficient (Wildman–Crippen LogP) is 3.52. The van der Waals surface area contributed by atoms with Crippen molar-refractivity contribution in [2.24, 2.45) is 0 Å². The largest absolute Gasteiger partial charge is 0.497 e. The number of benzene rings is 2. The van der Waals surface area contributed by atoms with Crippen molar-refractivity contribution in [1.82, 2.24) is 4.98 Å². The molecule has 1 heterocycles. The van der Waals surface area contributed by atoms with Gasteiger partial charge < -0.3 is 16.2 Å². The van der Waals surface area contributed by atoms with Crippen molar-refractivity contribution in [3.05, 3.63) is 47.8 Å². The van der Waals surface area contributed by atoms with Crippen molar-refractivity contribution < 1.29 is 9.13 Å². The van der Waals surface area contributed by atoms with E-state index >= 15 is 0 Å². The van der Waals surface area contributed by atoms with E-state index < -0.39 is 5.82 Å². The summed E-state index contributed by atoms with van der Waals surface area (Å²) in [5, 5.41) is 1.54. The molecule has 4 nitrogen and oxygen atoms in total. The number of nitrogens with two attached hydrogens (primary N) is 2. The van der Waals surface area contributed by atoms with Gasteiger partial charge in [-0.2, -0.15) is 0 Å². The number of hydrogen-bond acceptors (Lipinski definition) is 4. The lowest BCUT2D eigenvalue weighted by Gasteiger charge is -2.11. The molecule has 0 saturated carbocycles. The number of anilines is 2. The Morgan fingerprint density at radius 1 is 1.05 bits per heavy atom. The first-order valence-corrected chi connectivity index (χ1v) is 6.80. The summed E-state index contributed by atoms with van der Waals surface area (Å²) in [5.74, 6) is 0.358. The van der Waals surface area contributed by atoms with Crippen LogP contribution in [0.1, 0.15) is 5.56 Å². The third-order valence-corrected chi connectivity index (χ3v) is 3.76. The highest BCUT2D eigenvalue weighted by molar-refractivity contribution is 6.01. The highest BCUT2D eigenvalue weighted by atomic mass is 19.1. The van der Waals surface area contributed by atoms with Crippen LogP contribution in [0.2, 0.25) is 0 Å². The monoisotopic (exact) mass is 297 g/mol. The van der Waals surface area contributed by atoms with Crippen molar-refractivity contribution in [2.45, 2.75) is 6.92 Å². The number of nitrogens with zero attached hydrogens (tertiary/aromatic N) is 1. The van der Waals surface area contributed by atoms with E-state index in [1.54, 1.807) is 18.2 Å². The molecule has 3 rings (SSSR count). The standard InChI is InChI=1S/C17H16FN3O/c1-9-3-5-11-13(16(9)19)8-15(21-17(11)20)12-6-4-10(22-2)7-14(12)18/h3-8H,19H2,1-2H3,(H2,20,21). The molecule has 0 radical (unpaired) electrons. The van der Waals surface area contributed by atoms with E-state index in [9.17, 15) is 4.39 Å². The predicted molar refractivity (Wildman–Crippen MR) is 87.3 cm³/mol. The van der Waals surface area contributed by atoms with Gasteiger partial charge in [-0.3, -0.25) is 0 Å². The molecule has 0 amide bonds. The fourth-order valence-corrected chi connectivity index (χ4v) is 2.45. The number of pyridine rings is 1. The minimum Gasteiger partial charge on any atom is -0.497 e. The maximum absolute atomic E-state index is 14.2.